The Morgan fingerprint density at radius 3 is 2.33 bits per heavy atom. The predicted octanol–water partition coefficient (Wildman–Crippen LogP) is 2.71. The number of imidazole rings is 1. The normalized spacial score (nSPS) is 14.7. The molecule has 0 aliphatic heterocycles. The van der Waals surface area contributed by atoms with Crippen molar-refractivity contribution in [2.45, 2.75) is 18.8 Å². The van der Waals surface area contributed by atoms with Gasteiger partial charge >= 0.3 is 0 Å². The van der Waals surface area contributed by atoms with Gasteiger partial charge in [0.1, 0.15) is 0 Å². The standard InChI is InChI=1S/C12H12N2.ClH/c1-2-4-10-6-11(5-9(10)3-1)12-7-13-8-14-12;/h1-4,7-8,11H,5-6H2,(H,13,14);1H. The molecule has 1 aromatic carbocycles. The lowest BCUT2D eigenvalue weighted by molar-refractivity contribution is 0.719. The lowest BCUT2D eigenvalue weighted by Gasteiger charge is -2.03. The maximum absolute atomic E-state index is 4.07. The molecule has 0 saturated heterocycles. The van der Waals surface area contributed by atoms with E-state index in [0.29, 0.717) is 5.92 Å². The molecule has 2 aromatic rings. The fourth-order valence-electron chi connectivity index (χ4n) is 2.27. The number of nitrogens with zero attached hydrogens (tertiary/aromatic N) is 1. The first-order chi connectivity index (χ1) is 6.93. The zero-order chi connectivity index (χ0) is 9.38. The van der Waals surface area contributed by atoms with Crippen LogP contribution in [0.15, 0.2) is 36.8 Å². The SMILES string of the molecule is Cl.c1ccc2c(c1)CC(c1cnc[nH]1)C2. The molecule has 0 atom stereocenters. The molecule has 0 spiro atoms. The second-order valence-electron chi connectivity index (χ2n) is 3.88. The van der Waals surface area contributed by atoms with E-state index in [9.17, 15) is 0 Å². The van der Waals surface area contributed by atoms with Crippen LogP contribution in [0.3, 0.4) is 0 Å². The number of rotatable bonds is 1. The van der Waals surface area contributed by atoms with Gasteiger partial charge in [0.25, 0.3) is 0 Å². The van der Waals surface area contributed by atoms with Gasteiger partial charge in [-0.15, -0.1) is 12.4 Å². The largest absolute Gasteiger partial charge is 0.348 e. The highest BCUT2D eigenvalue weighted by Gasteiger charge is 2.22. The topological polar surface area (TPSA) is 28.7 Å². The third-order valence-corrected chi connectivity index (χ3v) is 3.01. The van der Waals surface area contributed by atoms with Crippen LogP contribution in [0, 0.1) is 0 Å². The van der Waals surface area contributed by atoms with Crippen molar-refractivity contribution in [3.8, 4) is 0 Å². The van der Waals surface area contributed by atoms with Crippen molar-refractivity contribution in [3.63, 3.8) is 0 Å². The van der Waals surface area contributed by atoms with Gasteiger partial charge in [-0.3, -0.25) is 0 Å². The summed E-state index contributed by atoms with van der Waals surface area (Å²) in [4.78, 5) is 7.28. The molecule has 0 saturated carbocycles. The molecule has 2 nitrogen and oxygen atoms in total. The first kappa shape index (κ1) is 10.2. The molecule has 1 aliphatic rings. The molecular weight excluding hydrogens is 208 g/mol. The molecular formula is C12H13ClN2. The second-order valence-corrected chi connectivity index (χ2v) is 3.88. The molecule has 0 bridgehead atoms. The van der Waals surface area contributed by atoms with Crippen molar-refractivity contribution >= 4 is 12.4 Å². The number of nitrogens with one attached hydrogen (secondary N) is 1. The smallest absolute Gasteiger partial charge is 0.0921 e. The number of halogens is 1. The van der Waals surface area contributed by atoms with E-state index in [1.165, 1.54) is 16.8 Å². The minimum absolute atomic E-state index is 0. The van der Waals surface area contributed by atoms with Crippen LogP contribution in [0.25, 0.3) is 0 Å². The summed E-state index contributed by atoms with van der Waals surface area (Å²) in [5.41, 5.74) is 4.25. The Labute approximate surface area is 95.2 Å². The Morgan fingerprint density at radius 2 is 1.80 bits per heavy atom. The Bertz CT molecular complexity index is 412. The molecule has 78 valence electrons. The number of fused-ring (bicyclic) bond motifs is 1. The predicted molar refractivity (Wildman–Crippen MR) is 62.4 cm³/mol. The molecule has 0 unspecified atom stereocenters. The monoisotopic (exact) mass is 220 g/mol. The molecule has 15 heavy (non-hydrogen) atoms. The van der Waals surface area contributed by atoms with Gasteiger partial charge in [0.2, 0.25) is 0 Å². The minimum Gasteiger partial charge on any atom is -0.348 e. The van der Waals surface area contributed by atoms with Crippen LogP contribution in [-0.2, 0) is 12.8 Å². The molecule has 1 aliphatic carbocycles. The van der Waals surface area contributed by atoms with E-state index in [2.05, 4.69) is 34.2 Å². The molecule has 0 radical (unpaired) electrons. The number of hydrogen-bond donors (Lipinski definition) is 1. The fourth-order valence-corrected chi connectivity index (χ4v) is 2.27. The number of aromatic amines is 1. The highest BCUT2D eigenvalue weighted by Crippen LogP contribution is 2.32. The van der Waals surface area contributed by atoms with E-state index in [1.54, 1.807) is 6.33 Å². The first-order valence-corrected chi connectivity index (χ1v) is 4.98. The van der Waals surface area contributed by atoms with Crippen LogP contribution < -0.4 is 0 Å². The average Bonchev–Trinajstić information content (AvgIpc) is 2.86. The maximum atomic E-state index is 4.07. The molecule has 1 aromatic heterocycles. The Hall–Kier alpha value is -1.28. The summed E-state index contributed by atoms with van der Waals surface area (Å²) in [5, 5.41) is 0. The summed E-state index contributed by atoms with van der Waals surface area (Å²) in [6.07, 6.45) is 6.01. The summed E-state index contributed by atoms with van der Waals surface area (Å²) in [5.74, 6) is 0.606. The fraction of sp³-hybridized carbons (Fsp3) is 0.250. The Morgan fingerprint density at radius 1 is 1.13 bits per heavy atom. The third kappa shape index (κ3) is 1.77. The van der Waals surface area contributed by atoms with Crippen molar-refractivity contribution in [2.75, 3.05) is 0 Å². The summed E-state index contributed by atoms with van der Waals surface area (Å²) in [7, 11) is 0. The zero-order valence-electron chi connectivity index (χ0n) is 8.31. The van der Waals surface area contributed by atoms with Crippen molar-refractivity contribution in [2.24, 2.45) is 0 Å². The minimum atomic E-state index is 0. The third-order valence-electron chi connectivity index (χ3n) is 3.01. The van der Waals surface area contributed by atoms with Gasteiger partial charge in [0, 0.05) is 17.8 Å². The first-order valence-electron chi connectivity index (χ1n) is 4.98. The number of benzene rings is 1. The molecule has 3 rings (SSSR count). The zero-order valence-corrected chi connectivity index (χ0v) is 9.13. The second kappa shape index (κ2) is 4.07. The van der Waals surface area contributed by atoms with Gasteiger partial charge in [0.05, 0.1) is 6.33 Å². The van der Waals surface area contributed by atoms with Crippen molar-refractivity contribution in [3.05, 3.63) is 53.6 Å². The quantitative estimate of drug-likeness (QED) is 0.787. The van der Waals surface area contributed by atoms with Crippen molar-refractivity contribution in [1.82, 2.24) is 9.97 Å². The van der Waals surface area contributed by atoms with E-state index < -0.39 is 0 Å². The van der Waals surface area contributed by atoms with Gasteiger partial charge in [-0.2, -0.15) is 0 Å². The van der Waals surface area contributed by atoms with Gasteiger partial charge in [-0.25, -0.2) is 4.98 Å². The number of aromatic nitrogens is 2. The highest BCUT2D eigenvalue weighted by molar-refractivity contribution is 5.85. The van der Waals surface area contributed by atoms with Gasteiger partial charge in [-0.05, 0) is 24.0 Å². The van der Waals surface area contributed by atoms with Crippen LogP contribution in [-0.4, -0.2) is 9.97 Å². The van der Waals surface area contributed by atoms with Crippen LogP contribution in [0.1, 0.15) is 22.7 Å². The van der Waals surface area contributed by atoms with E-state index in [-0.39, 0.29) is 12.4 Å². The van der Waals surface area contributed by atoms with Crippen LogP contribution in [0.2, 0.25) is 0 Å². The van der Waals surface area contributed by atoms with Gasteiger partial charge in [0.15, 0.2) is 0 Å². The average molecular weight is 221 g/mol. The number of hydrogen-bond acceptors (Lipinski definition) is 1. The molecule has 3 heteroatoms. The van der Waals surface area contributed by atoms with Gasteiger partial charge < -0.3 is 4.98 Å². The number of H-pyrrole nitrogens is 1. The summed E-state index contributed by atoms with van der Waals surface area (Å²) in [6.45, 7) is 0. The van der Waals surface area contributed by atoms with Crippen LogP contribution in [0.5, 0.6) is 0 Å². The maximum Gasteiger partial charge on any atom is 0.0921 e. The van der Waals surface area contributed by atoms with Crippen LogP contribution >= 0.6 is 12.4 Å². The summed E-state index contributed by atoms with van der Waals surface area (Å²) in [6, 6.07) is 8.69. The van der Waals surface area contributed by atoms with Gasteiger partial charge in [-0.1, -0.05) is 24.3 Å². The molecule has 1 heterocycles. The van der Waals surface area contributed by atoms with E-state index in [4.69, 9.17) is 0 Å². The Kier molecular flexibility index (Phi) is 2.78. The van der Waals surface area contributed by atoms with Crippen LogP contribution in [0.4, 0.5) is 0 Å². The summed E-state index contributed by atoms with van der Waals surface area (Å²) < 4.78 is 0. The lowest BCUT2D eigenvalue weighted by Crippen LogP contribution is -1.97. The molecule has 1 N–H and O–H groups in total. The van der Waals surface area contributed by atoms with E-state index in [1.807, 2.05) is 6.20 Å². The Balaban J connectivity index is 0.000000853. The van der Waals surface area contributed by atoms with E-state index in [0.717, 1.165) is 12.8 Å². The lowest BCUT2D eigenvalue weighted by atomic mass is 10.0. The summed E-state index contributed by atoms with van der Waals surface area (Å²) >= 11 is 0. The van der Waals surface area contributed by atoms with Crippen molar-refractivity contribution < 1.29 is 0 Å². The highest BCUT2D eigenvalue weighted by atomic mass is 35.5. The van der Waals surface area contributed by atoms with Crippen molar-refractivity contribution in [1.29, 1.82) is 0 Å². The molecule has 0 amide bonds. The van der Waals surface area contributed by atoms with E-state index >= 15 is 0 Å². The molecule has 0 fully saturated rings.